The van der Waals surface area contributed by atoms with Gasteiger partial charge in [-0.1, -0.05) is 11.6 Å². The van der Waals surface area contributed by atoms with Crippen LogP contribution in [0.1, 0.15) is 6.42 Å². The highest BCUT2D eigenvalue weighted by Gasteiger charge is 2.17. The van der Waals surface area contributed by atoms with Crippen molar-refractivity contribution in [2.75, 3.05) is 11.1 Å². The summed E-state index contributed by atoms with van der Waals surface area (Å²) in [6, 6.07) is 11.5. The molecule has 140 valence electrons. The van der Waals surface area contributed by atoms with Gasteiger partial charge in [0.2, 0.25) is 5.91 Å². The zero-order valence-electron chi connectivity index (χ0n) is 14.0. The van der Waals surface area contributed by atoms with E-state index in [4.69, 9.17) is 11.6 Å². The predicted octanol–water partition coefficient (Wildman–Crippen LogP) is 3.47. The summed E-state index contributed by atoms with van der Waals surface area (Å²) in [5.74, 6) is -1.46. The second kappa shape index (κ2) is 7.89. The Hall–Kier alpha value is -2.71. The Bertz CT molecular complexity index is 1050. The second-order valence-corrected chi connectivity index (χ2v) is 8.23. The maximum Gasteiger partial charge on any atom is 0.225 e. The van der Waals surface area contributed by atoms with Gasteiger partial charge >= 0.3 is 0 Å². The minimum absolute atomic E-state index is 0.0920. The summed E-state index contributed by atoms with van der Waals surface area (Å²) < 4.78 is 40.0. The molecule has 0 spiro atoms. The fraction of sp³-hybridized carbons (Fsp3) is 0.111. The predicted molar refractivity (Wildman–Crippen MR) is 100 cm³/mol. The van der Waals surface area contributed by atoms with Crippen LogP contribution in [-0.4, -0.2) is 29.9 Å². The van der Waals surface area contributed by atoms with Crippen molar-refractivity contribution in [3.8, 4) is 5.69 Å². The van der Waals surface area contributed by atoms with Gasteiger partial charge in [0.1, 0.15) is 5.69 Å². The van der Waals surface area contributed by atoms with E-state index in [1.807, 2.05) is 0 Å². The third kappa shape index (κ3) is 4.72. The largest absolute Gasteiger partial charge is 0.326 e. The molecule has 0 saturated carbocycles. The molecule has 1 aromatic heterocycles. The van der Waals surface area contributed by atoms with Gasteiger partial charge in [-0.25, -0.2) is 17.5 Å². The first-order valence-corrected chi connectivity index (χ1v) is 9.96. The number of nitrogens with zero attached hydrogens (tertiary/aromatic N) is 2. The number of hydrogen-bond donors (Lipinski definition) is 1. The molecule has 9 heteroatoms. The molecule has 0 atom stereocenters. The van der Waals surface area contributed by atoms with Gasteiger partial charge in [-0.3, -0.25) is 4.79 Å². The summed E-state index contributed by atoms with van der Waals surface area (Å²) in [6.07, 6.45) is 2.86. The first kappa shape index (κ1) is 19.1. The average molecular weight is 408 g/mol. The lowest BCUT2D eigenvalue weighted by molar-refractivity contribution is -0.115. The Morgan fingerprint density at radius 1 is 1.19 bits per heavy atom. The molecule has 0 fully saturated rings. The van der Waals surface area contributed by atoms with E-state index < -0.39 is 21.6 Å². The van der Waals surface area contributed by atoms with E-state index in [-0.39, 0.29) is 28.4 Å². The van der Waals surface area contributed by atoms with Crippen molar-refractivity contribution in [1.29, 1.82) is 0 Å². The summed E-state index contributed by atoms with van der Waals surface area (Å²) in [7, 11) is -3.61. The summed E-state index contributed by atoms with van der Waals surface area (Å²) in [5.41, 5.74) is 0.473. The minimum Gasteiger partial charge on any atom is -0.326 e. The number of carbonyl (C=O) groups excluding carboxylic acids is 1. The fourth-order valence-corrected chi connectivity index (χ4v) is 3.76. The van der Waals surface area contributed by atoms with Crippen molar-refractivity contribution >= 4 is 33.0 Å². The molecule has 0 aliphatic carbocycles. The number of rotatable bonds is 6. The monoisotopic (exact) mass is 407 g/mol. The SMILES string of the molecule is O=C(CCS(=O)(=O)c1ccc(Cl)cc1)Nc1ccc(-n2cccn2)c(F)c1. The van der Waals surface area contributed by atoms with Crippen molar-refractivity contribution in [2.24, 2.45) is 0 Å². The van der Waals surface area contributed by atoms with Gasteiger partial charge in [0.25, 0.3) is 0 Å². The molecule has 0 saturated heterocycles. The van der Waals surface area contributed by atoms with Crippen molar-refractivity contribution in [3.05, 3.63) is 71.8 Å². The number of sulfone groups is 1. The minimum atomic E-state index is -3.61. The summed E-state index contributed by atoms with van der Waals surface area (Å²) in [5, 5.41) is 6.86. The molecular formula is C18H15ClFN3O3S. The van der Waals surface area contributed by atoms with Gasteiger partial charge in [0.05, 0.1) is 10.6 Å². The van der Waals surface area contributed by atoms with Gasteiger partial charge in [0, 0.05) is 29.5 Å². The van der Waals surface area contributed by atoms with Gasteiger partial charge in [-0.15, -0.1) is 0 Å². The molecule has 2 aromatic carbocycles. The zero-order valence-corrected chi connectivity index (χ0v) is 15.5. The van der Waals surface area contributed by atoms with E-state index in [1.165, 1.54) is 47.3 Å². The first-order valence-electron chi connectivity index (χ1n) is 7.93. The molecule has 6 nitrogen and oxygen atoms in total. The van der Waals surface area contributed by atoms with E-state index in [0.29, 0.717) is 5.02 Å². The van der Waals surface area contributed by atoms with Crippen LogP contribution in [0.5, 0.6) is 0 Å². The Labute approximate surface area is 160 Å². The normalized spacial score (nSPS) is 11.3. The Kier molecular flexibility index (Phi) is 5.57. The number of anilines is 1. The molecule has 0 unspecified atom stereocenters. The highest BCUT2D eigenvalue weighted by Crippen LogP contribution is 2.19. The van der Waals surface area contributed by atoms with Gasteiger partial charge in [-0.05, 0) is 48.5 Å². The van der Waals surface area contributed by atoms with Crippen LogP contribution in [0.4, 0.5) is 10.1 Å². The molecule has 0 bridgehead atoms. The number of benzene rings is 2. The highest BCUT2D eigenvalue weighted by molar-refractivity contribution is 7.91. The van der Waals surface area contributed by atoms with Crippen LogP contribution < -0.4 is 5.32 Å². The van der Waals surface area contributed by atoms with Crippen LogP contribution in [0.25, 0.3) is 5.69 Å². The molecule has 0 radical (unpaired) electrons. The molecular weight excluding hydrogens is 393 g/mol. The van der Waals surface area contributed by atoms with E-state index >= 15 is 0 Å². The number of amides is 1. The smallest absolute Gasteiger partial charge is 0.225 e. The number of nitrogens with one attached hydrogen (secondary N) is 1. The number of halogens is 2. The Balaban J connectivity index is 1.62. The molecule has 0 aliphatic heterocycles. The zero-order chi connectivity index (χ0) is 19.4. The van der Waals surface area contributed by atoms with Crippen LogP contribution in [0.3, 0.4) is 0 Å². The number of aromatic nitrogens is 2. The Morgan fingerprint density at radius 3 is 2.56 bits per heavy atom. The van der Waals surface area contributed by atoms with Crippen molar-refractivity contribution in [3.63, 3.8) is 0 Å². The average Bonchev–Trinajstić information content (AvgIpc) is 3.15. The summed E-state index contributed by atoms with van der Waals surface area (Å²) in [4.78, 5) is 12.1. The van der Waals surface area contributed by atoms with Gasteiger partial charge in [-0.2, -0.15) is 5.10 Å². The summed E-state index contributed by atoms with van der Waals surface area (Å²) in [6.45, 7) is 0. The quantitative estimate of drug-likeness (QED) is 0.678. The second-order valence-electron chi connectivity index (χ2n) is 5.69. The third-order valence-corrected chi connectivity index (χ3v) is 5.74. The molecule has 1 heterocycles. The number of hydrogen-bond acceptors (Lipinski definition) is 4. The third-order valence-electron chi connectivity index (χ3n) is 3.75. The fourth-order valence-electron chi connectivity index (χ4n) is 2.39. The Morgan fingerprint density at radius 2 is 1.93 bits per heavy atom. The highest BCUT2D eigenvalue weighted by atomic mass is 35.5. The molecule has 27 heavy (non-hydrogen) atoms. The van der Waals surface area contributed by atoms with Crippen LogP contribution in [0.2, 0.25) is 5.02 Å². The topological polar surface area (TPSA) is 81.1 Å². The molecule has 3 aromatic rings. The first-order chi connectivity index (χ1) is 12.8. The van der Waals surface area contributed by atoms with E-state index in [9.17, 15) is 17.6 Å². The van der Waals surface area contributed by atoms with Crippen LogP contribution in [0, 0.1) is 5.82 Å². The summed E-state index contributed by atoms with van der Waals surface area (Å²) >= 11 is 5.74. The maximum absolute atomic E-state index is 14.2. The lowest BCUT2D eigenvalue weighted by Crippen LogP contribution is -2.17. The van der Waals surface area contributed by atoms with Crippen molar-refractivity contribution in [2.45, 2.75) is 11.3 Å². The van der Waals surface area contributed by atoms with Gasteiger partial charge in [0.15, 0.2) is 15.7 Å². The molecule has 3 rings (SSSR count). The van der Waals surface area contributed by atoms with E-state index in [2.05, 4.69) is 10.4 Å². The van der Waals surface area contributed by atoms with Gasteiger partial charge < -0.3 is 5.32 Å². The van der Waals surface area contributed by atoms with E-state index in [0.717, 1.165) is 6.07 Å². The van der Waals surface area contributed by atoms with Crippen LogP contribution in [0.15, 0.2) is 65.8 Å². The van der Waals surface area contributed by atoms with E-state index in [1.54, 1.807) is 12.3 Å². The standard InChI is InChI=1S/C18H15ClFN3O3S/c19-13-2-5-15(6-3-13)27(25,26)11-8-18(24)22-14-4-7-17(16(20)12-14)23-10-1-9-21-23/h1-7,9-10,12H,8,11H2,(H,22,24). The van der Waals surface area contributed by atoms with Crippen molar-refractivity contribution < 1.29 is 17.6 Å². The molecule has 0 aliphatic rings. The lowest BCUT2D eigenvalue weighted by Gasteiger charge is -2.09. The van der Waals surface area contributed by atoms with Crippen LogP contribution in [-0.2, 0) is 14.6 Å². The lowest BCUT2D eigenvalue weighted by atomic mass is 10.2. The number of carbonyl (C=O) groups is 1. The van der Waals surface area contributed by atoms with Crippen LogP contribution >= 0.6 is 11.6 Å². The molecule has 1 amide bonds. The van der Waals surface area contributed by atoms with Crippen molar-refractivity contribution in [1.82, 2.24) is 9.78 Å². The molecule has 1 N–H and O–H groups in total. The maximum atomic E-state index is 14.2.